The third kappa shape index (κ3) is 1.77. The second kappa shape index (κ2) is 4.20. The highest BCUT2D eigenvalue weighted by Gasteiger charge is 2.42. The van der Waals surface area contributed by atoms with Crippen molar-refractivity contribution in [2.45, 2.75) is 58.8 Å². The van der Waals surface area contributed by atoms with Crippen molar-refractivity contribution in [3.05, 3.63) is 23.3 Å². The Balaban J connectivity index is 2.36. The zero-order valence-corrected chi connectivity index (χ0v) is 10.6. The molecule has 0 saturated heterocycles. The summed E-state index contributed by atoms with van der Waals surface area (Å²) in [5.41, 5.74) is 3.85. The molecule has 0 bridgehead atoms. The fourth-order valence-corrected chi connectivity index (χ4v) is 3.20. The maximum absolute atomic E-state index is 12.4. The van der Waals surface area contributed by atoms with Crippen LogP contribution in [-0.2, 0) is 4.79 Å². The molecule has 0 heterocycles. The Bertz CT molecular complexity index is 362. The molecule has 0 N–H and O–H groups in total. The average molecular weight is 218 g/mol. The molecule has 2 aliphatic rings. The van der Waals surface area contributed by atoms with Gasteiger partial charge in [-0.3, -0.25) is 4.79 Å². The fourth-order valence-electron chi connectivity index (χ4n) is 3.20. The molecule has 0 aromatic carbocycles. The summed E-state index contributed by atoms with van der Waals surface area (Å²) in [6.45, 7) is 8.57. The van der Waals surface area contributed by atoms with Gasteiger partial charge in [0.1, 0.15) is 5.78 Å². The van der Waals surface area contributed by atoms with Crippen molar-refractivity contribution >= 4 is 5.78 Å². The number of hydrogen-bond donors (Lipinski definition) is 0. The number of Topliss-reactive ketones (excluding diaryl/α,β-unsaturated/α-hetero) is 1. The Morgan fingerprint density at radius 2 is 1.88 bits per heavy atom. The standard InChI is InChI=1S/C15H22O/c1-11-9-13(3)15(10-12(11)2)8-6-4-5-7-14(15)16/h3-10H2,1-2H3. The van der Waals surface area contributed by atoms with Gasteiger partial charge in [0.05, 0.1) is 5.41 Å². The molecule has 0 aromatic heterocycles. The molecule has 0 amide bonds. The van der Waals surface area contributed by atoms with Crippen LogP contribution in [0, 0.1) is 5.41 Å². The number of hydrogen-bond acceptors (Lipinski definition) is 1. The van der Waals surface area contributed by atoms with E-state index in [4.69, 9.17) is 0 Å². The molecule has 1 unspecified atom stereocenters. The lowest BCUT2D eigenvalue weighted by Gasteiger charge is -2.38. The van der Waals surface area contributed by atoms with Crippen molar-refractivity contribution in [3.63, 3.8) is 0 Å². The highest BCUT2D eigenvalue weighted by Crippen LogP contribution is 2.48. The van der Waals surface area contributed by atoms with Crippen LogP contribution in [-0.4, -0.2) is 5.78 Å². The summed E-state index contributed by atoms with van der Waals surface area (Å²) in [5, 5.41) is 0. The Kier molecular flexibility index (Phi) is 3.05. The van der Waals surface area contributed by atoms with Gasteiger partial charge < -0.3 is 0 Å². The molecule has 1 heteroatoms. The van der Waals surface area contributed by atoms with Gasteiger partial charge in [0.15, 0.2) is 0 Å². The van der Waals surface area contributed by atoms with Crippen LogP contribution in [0.25, 0.3) is 0 Å². The van der Waals surface area contributed by atoms with Crippen LogP contribution >= 0.6 is 0 Å². The maximum Gasteiger partial charge on any atom is 0.143 e. The largest absolute Gasteiger partial charge is 0.299 e. The van der Waals surface area contributed by atoms with E-state index in [1.54, 1.807) is 0 Å². The second-order valence-electron chi connectivity index (χ2n) is 5.58. The third-order valence-electron chi connectivity index (χ3n) is 4.49. The smallest absolute Gasteiger partial charge is 0.143 e. The number of carbonyl (C=O) groups is 1. The van der Waals surface area contributed by atoms with E-state index in [0.717, 1.165) is 32.1 Å². The SMILES string of the molecule is C=C1CC(C)=C(C)CC12CCCCCC2=O. The molecule has 2 aliphatic carbocycles. The second-order valence-corrected chi connectivity index (χ2v) is 5.58. The maximum atomic E-state index is 12.4. The molecule has 88 valence electrons. The molecule has 1 fully saturated rings. The molecular formula is C15H22O. The van der Waals surface area contributed by atoms with E-state index in [0.29, 0.717) is 5.78 Å². The zero-order valence-electron chi connectivity index (χ0n) is 10.6. The predicted octanol–water partition coefficient (Wildman–Crippen LogP) is 4.19. The predicted molar refractivity (Wildman–Crippen MR) is 67.3 cm³/mol. The van der Waals surface area contributed by atoms with Gasteiger partial charge in [-0.25, -0.2) is 0 Å². The van der Waals surface area contributed by atoms with Crippen molar-refractivity contribution in [1.82, 2.24) is 0 Å². The van der Waals surface area contributed by atoms with Gasteiger partial charge in [-0.2, -0.15) is 0 Å². The van der Waals surface area contributed by atoms with Crippen molar-refractivity contribution in [3.8, 4) is 0 Å². The normalized spacial score (nSPS) is 32.1. The number of rotatable bonds is 0. The minimum atomic E-state index is -0.180. The summed E-state index contributed by atoms with van der Waals surface area (Å²) in [4.78, 5) is 12.4. The Labute approximate surface area is 98.6 Å². The lowest BCUT2D eigenvalue weighted by Crippen LogP contribution is -2.34. The van der Waals surface area contributed by atoms with Crippen LogP contribution in [0.4, 0.5) is 0 Å². The lowest BCUT2D eigenvalue weighted by molar-refractivity contribution is -0.127. The number of ketones is 1. The van der Waals surface area contributed by atoms with E-state index in [9.17, 15) is 4.79 Å². The van der Waals surface area contributed by atoms with Gasteiger partial charge in [0.25, 0.3) is 0 Å². The first-order valence-electron chi connectivity index (χ1n) is 6.43. The Morgan fingerprint density at radius 1 is 1.12 bits per heavy atom. The minimum Gasteiger partial charge on any atom is -0.299 e. The molecule has 1 saturated carbocycles. The summed E-state index contributed by atoms with van der Waals surface area (Å²) >= 11 is 0. The average Bonchev–Trinajstić information content (AvgIpc) is 2.40. The Morgan fingerprint density at radius 3 is 2.62 bits per heavy atom. The zero-order chi connectivity index (χ0) is 11.8. The quantitative estimate of drug-likeness (QED) is 0.557. The van der Waals surface area contributed by atoms with E-state index in [-0.39, 0.29) is 5.41 Å². The first-order chi connectivity index (χ1) is 7.56. The van der Waals surface area contributed by atoms with Crippen molar-refractivity contribution in [2.24, 2.45) is 5.41 Å². The molecule has 1 spiro atoms. The highest BCUT2D eigenvalue weighted by atomic mass is 16.1. The van der Waals surface area contributed by atoms with Gasteiger partial charge in [0.2, 0.25) is 0 Å². The van der Waals surface area contributed by atoms with Crippen LogP contribution in [0.15, 0.2) is 23.3 Å². The van der Waals surface area contributed by atoms with Gasteiger partial charge in [-0.1, -0.05) is 36.1 Å². The van der Waals surface area contributed by atoms with Crippen LogP contribution in [0.3, 0.4) is 0 Å². The highest BCUT2D eigenvalue weighted by molar-refractivity contribution is 5.88. The molecule has 1 atom stereocenters. The molecule has 1 nitrogen and oxygen atoms in total. The first kappa shape index (κ1) is 11.6. The van der Waals surface area contributed by atoms with Crippen molar-refractivity contribution < 1.29 is 4.79 Å². The van der Waals surface area contributed by atoms with Crippen LogP contribution in [0.1, 0.15) is 58.8 Å². The van der Waals surface area contributed by atoms with E-state index in [1.807, 2.05) is 0 Å². The van der Waals surface area contributed by atoms with Crippen LogP contribution < -0.4 is 0 Å². The topological polar surface area (TPSA) is 17.1 Å². The minimum absolute atomic E-state index is 0.180. The monoisotopic (exact) mass is 218 g/mol. The van der Waals surface area contributed by atoms with Crippen molar-refractivity contribution in [1.29, 1.82) is 0 Å². The third-order valence-corrected chi connectivity index (χ3v) is 4.49. The lowest BCUT2D eigenvalue weighted by atomic mass is 9.64. The van der Waals surface area contributed by atoms with Gasteiger partial charge in [0, 0.05) is 6.42 Å². The molecule has 2 rings (SSSR count). The van der Waals surface area contributed by atoms with Crippen molar-refractivity contribution in [2.75, 3.05) is 0 Å². The number of allylic oxidation sites excluding steroid dienone is 3. The summed E-state index contributed by atoms with van der Waals surface area (Å²) in [6.07, 6.45) is 7.17. The first-order valence-corrected chi connectivity index (χ1v) is 6.43. The fraction of sp³-hybridized carbons (Fsp3) is 0.667. The van der Waals surface area contributed by atoms with E-state index in [1.165, 1.54) is 29.6 Å². The number of carbonyl (C=O) groups excluding carboxylic acids is 1. The Hall–Kier alpha value is -0.850. The van der Waals surface area contributed by atoms with E-state index in [2.05, 4.69) is 20.4 Å². The summed E-state index contributed by atoms with van der Waals surface area (Å²) in [7, 11) is 0. The summed E-state index contributed by atoms with van der Waals surface area (Å²) in [6, 6.07) is 0. The van der Waals surface area contributed by atoms with Gasteiger partial charge >= 0.3 is 0 Å². The molecule has 0 radical (unpaired) electrons. The molecule has 0 aromatic rings. The summed E-state index contributed by atoms with van der Waals surface area (Å²) < 4.78 is 0. The van der Waals surface area contributed by atoms with Gasteiger partial charge in [-0.05, 0) is 39.5 Å². The van der Waals surface area contributed by atoms with E-state index < -0.39 is 0 Å². The summed E-state index contributed by atoms with van der Waals surface area (Å²) in [5.74, 6) is 0.460. The van der Waals surface area contributed by atoms with Gasteiger partial charge in [-0.15, -0.1) is 0 Å². The molecule has 0 aliphatic heterocycles. The van der Waals surface area contributed by atoms with Crippen LogP contribution in [0.2, 0.25) is 0 Å². The van der Waals surface area contributed by atoms with E-state index >= 15 is 0 Å². The van der Waals surface area contributed by atoms with Crippen LogP contribution in [0.5, 0.6) is 0 Å². The molecular weight excluding hydrogens is 196 g/mol. The molecule has 16 heavy (non-hydrogen) atoms.